The van der Waals surface area contributed by atoms with Gasteiger partial charge in [-0.1, -0.05) is 53.5 Å². The molecular formula is C15H13Cl2N3O2. The summed E-state index contributed by atoms with van der Waals surface area (Å²) in [6.45, 7) is 0.404. The van der Waals surface area contributed by atoms with E-state index >= 15 is 0 Å². The molecule has 5 nitrogen and oxygen atoms in total. The summed E-state index contributed by atoms with van der Waals surface area (Å²) in [5, 5.41) is 3.10. The number of hydrogen-bond donors (Lipinski definition) is 3. The monoisotopic (exact) mass is 337 g/mol. The minimum absolute atomic E-state index is 0.255. The van der Waals surface area contributed by atoms with Gasteiger partial charge in [-0.25, -0.2) is 5.43 Å². The Labute approximate surface area is 137 Å². The molecule has 0 unspecified atom stereocenters. The van der Waals surface area contributed by atoms with Crippen molar-refractivity contribution < 1.29 is 9.59 Å². The molecule has 2 rings (SSSR count). The third-order valence-corrected chi connectivity index (χ3v) is 3.27. The van der Waals surface area contributed by atoms with Crippen molar-refractivity contribution in [3.63, 3.8) is 0 Å². The maximum Gasteiger partial charge on any atom is 0.323 e. The summed E-state index contributed by atoms with van der Waals surface area (Å²) in [7, 11) is 0. The molecule has 7 heteroatoms. The quantitative estimate of drug-likeness (QED) is 0.593. The van der Waals surface area contributed by atoms with Gasteiger partial charge < -0.3 is 5.32 Å². The number of benzene rings is 2. The Kier molecular flexibility index (Phi) is 5.77. The molecule has 0 spiro atoms. The molecule has 2 aromatic rings. The van der Waals surface area contributed by atoms with E-state index < -0.39 is 11.8 Å². The molecule has 0 saturated heterocycles. The molecule has 2 aromatic carbocycles. The highest BCUT2D eigenvalue weighted by atomic mass is 35.5. The van der Waals surface area contributed by atoms with Crippen LogP contribution in [0.1, 0.15) is 5.56 Å². The van der Waals surface area contributed by atoms with Crippen LogP contribution in [-0.2, 0) is 16.1 Å². The third-order valence-electron chi connectivity index (χ3n) is 2.72. The summed E-state index contributed by atoms with van der Waals surface area (Å²) in [6.07, 6.45) is 0. The third kappa shape index (κ3) is 4.73. The zero-order chi connectivity index (χ0) is 15.9. The fourth-order valence-corrected chi connectivity index (χ4v) is 2.10. The van der Waals surface area contributed by atoms with E-state index in [-0.39, 0.29) is 5.02 Å². The van der Waals surface area contributed by atoms with Gasteiger partial charge in [0.25, 0.3) is 0 Å². The van der Waals surface area contributed by atoms with Crippen LogP contribution in [0.15, 0.2) is 48.5 Å². The molecule has 0 bridgehead atoms. The SMILES string of the molecule is O=C(NNCc1ccccc1)C(=O)Nc1ccc(Cl)cc1Cl. The molecule has 0 aliphatic rings. The second-order valence-electron chi connectivity index (χ2n) is 4.37. The summed E-state index contributed by atoms with van der Waals surface area (Å²) in [6, 6.07) is 14.0. The Balaban J connectivity index is 1.83. The fraction of sp³-hybridized carbons (Fsp3) is 0.0667. The van der Waals surface area contributed by atoms with Crippen molar-refractivity contribution in [2.45, 2.75) is 6.54 Å². The number of hydrazine groups is 1. The van der Waals surface area contributed by atoms with Crippen LogP contribution in [0, 0.1) is 0 Å². The van der Waals surface area contributed by atoms with Gasteiger partial charge in [0, 0.05) is 11.6 Å². The van der Waals surface area contributed by atoms with Crippen LogP contribution in [0.2, 0.25) is 10.0 Å². The minimum Gasteiger partial charge on any atom is -0.316 e. The molecule has 0 saturated carbocycles. The number of anilines is 1. The number of carbonyl (C=O) groups is 2. The van der Waals surface area contributed by atoms with Crippen LogP contribution in [0.5, 0.6) is 0 Å². The van der Waals surface area contributed by atoms with Crippen molar-refractivity contribution in [2.24, 2.45) is 0 Å². The second kappa shape index (κ2) is 7.79. The fourth-order valence-electron chi connectivity index (χ4n) is 1.65. The molecule has 0 aromatic heterocycles. The molecule has 0 heterocycles. The number of nitrogens with one attached hydrogen (secondary N) is 3. The van der Waals surface area contributed by atoms with Gasteiger partial charge in [-0.3, -0.25) is 15.0 Å². The van der Waals surface area contributed by atoms with E-state index in [4.69, 9.17) is 23.2 Å². The first kappa shape index (κ1) is 16.3. The highest BCUT2D eigenvalue weighted by molar-refractivity contribution is 6.42. The minimum atomic E-state index is -0.829. The Hall–Kier alpha value is -2.08. The first-order valence-electron chi connectivity index (χ1n) is 6.39. The number of hydrogen-bond acceptors (Lipinski definition) is 3. The van der Waals surface area contributed by atoms with Gasteiger partial charge in [0.15, 0.2) is 0 Å². The Morgan fingerprint density at radius 3 is 2.36 bits per heavy atom. The van der Waals surface area contributed by atoms with E-state index in [1.54, 1.807) is 6.07 Å². The molecular weight excluding hydrogens is 325 g/mol. The summed E-state index contributed by atoms with van der Waals surface area (Å²) >= 11 is 11.7. The predicted octanol–water partition coefficient (Wildman–Crippen LogP) is 2.75. The van der Waals surface area contributed by atoms with Crippen molar-refractivity contribution in [3.05, 3.63) is 64.1 Å². The van der Waals surface area contributed by atoms with E-state index in [1.807, 2.05) is 30.3 Å². The molecule has 0 fully saturated rings. The summed E-state index contributed by atoms with van der Waals surface area (Å²) in [5.74, 6) is -1.65. The lowest BCUT2D eigenvalue weighted by atomic mass is 10.2. The standard InChI is InChI=1S/C15H13Cl2N3O2/c16-11-6-7-13(12(17)8-11)19-14(21)15(22)20-18-9-10-4-2-1-3-5-10/h1-8,18H,9H2,(H,19,21)(H,20,22). The first-order valence-corrected chi connectivity index (χ1v) is 7.15. The lowest BCUT2D eigenvalue weighted by Gasteiger charge is -2.09. The van der Waals surface area contributed by atoms with Crippen molar-refractivity contribution in [1.82, 2.24) is 10.9 Å². The van der Waals surface area contributed by atoms with Crippen molar-refractivity contribution >= 4 is 40.7 Å². The van der Waals surface area contributed by atoms with Crippen molar-refractivity contribution in [1.29, 1.82) is 0 Å². The van der Waals surface area contributed by atoms with Gasteiger partial charge in [-0.15, -0.1) is 0 Å². The number of amides is 2. The maximum absolute atomic E-state index is 11.7. The highest BCUT2D eigenvalue weighted by Crippen LogP contribution is 2.25. The largest absolute Gasteiger partial charge is 0.323 e. The second-order valence-corrected chi connectivity index (χ2v) is 5.22. The van der Waals surface area contributed by atoms with Crippen LogP contribution in [0.4, 0.5) is 5.69 Å². The van der Waals surface area contributed by atoms with Crippen LogP contribution < -0.4 is 16.2 Å². The van der Waals surface area contributed by atoms with Gasteiger partial charge in [0.05, 0.1) is 10.7 Å². The molecule has 114 valence electrons. The van der Waals surface area contributed by atoms with Crippen LogP contribution >= 0.6 is 23.2 Å². The molecule has 3 N–H and O–H groups in total. The van der Waals surface area contributed by atoms with Gasteiger partial charge in [-0.2, -0.15) is 0 Å². The molecule has 0 atom stereocenters. The van der Waals surface area contributed by atoms with E-state index in [0.717, 1.165) is 5.56 Å². The average Bonchev–Trinajstić information content (AvgIpc) is 2.51. The summed E-state index contributed by atoms with van der Waals surface area (Å²) < 4.78 is 0. The number of carbonyl (C=O) groups excluding carboxylic acids is 2. The van der Waals surface area contributed by atoms with Gasteiger partial charge >= 0.3 is 11.8 Å². The number of rotatable bonds is 4. The highest BCUT2D eigenvalue weighted by Gasteiger charge is 2.14. The molecule has 22 heavy (non-hydrogen) atoms. The van der Waals surface area contributed by atoms with E-state index in [2.05, 4.69) is 16.2 Å². The normalized spacial score (nSPS) is 10.1. The van der Waals surface area contributed by atoms with Gasteiger partial charge in [-0.05, 0) is 23.8 Å². The molecule has 0 aliphatic carbocycles. The zero-order valence-corrected chi connectivity index (χ0v) is 12.9. The zero-order valence-electron chi connectivity index (χ0n) is 11.4. The molecule has 2 amide bonds. The lowest BCUT2D eigenvalue weighted by Crippen LogP contribution is -2.43. The van der Waals surface area contributed by atoms with Crippen LogP contribution in [-0.4, -0.2) is 11.8 Å². The first-order chi connectivity index (χ1) is 10.6. The van der Waals surface area contributed by atoms with Crippen molar-refractivity contribution in [3.8, 4) is 0 Å². The van der Waals surface area contributed by atoms with Gasteiger partial charge in [0.1, 0.15) is 0 Å². The van der Waals surface area contributed by atoms with E-state index in [9.17, 15) is 9.59 Å². The van der Waals surface area contributed by atoms with Crippen LogP contribution in [0.3, 0.4) is 0 Å². The topological polar surface area (TPSA) is 70.2 Å². The predicted molar refractivity (Wildman–Crippen MR) is 86.5 cm³/mol. The summed E-state index contributed by atoms with van der Waals surface area (Å²) in [5.41, 5.74) is 6.28. The maximum atomic E-state index is 11.7. The van der Waals surface area contributed by atoms with Crippen LogP contribution in [0.25, 0.3) is 0 Å². The number of halogens is 2. The molecule has 0 aliphatic heterocycles. The smallest absolute Gasteiger partial charge is 0.316 e. The Morgan fingerprint density at radius 1 is 0.955 bits per heavy atom. The lowest BCUT2D eigenvalue weighted by molar-refractivity contribution is -0.136. The summed E-state index contributed by atoms with van der Waals surface area (Å²) in [4.78, 5) is 23.4. The van der Waals surface area contributed by atoms with Gasteiger partial charge in [0.2, 0.25) is 0 Å². The average molecular weight is 338 g/mol. The Bertz CT molecular complexity index is 678. The van der Waals surface area contributed by atoms with Crippen molar-refractivity contribution in [2.75, 3.05) is 5.32 Å². The molecule has 0 radical (unpaired) electrons. The Morgan fingerprint density at radius 2 is 1.68 bits per heavy atom. The van der Waals surface area contributed by atoms with E-state index in [0.29, 0.717) is 17.3 Å². The van der Waals surface area contributed by atoms with E-state index in [1.165, 1.54) is 12.1 Å².